The van der Waals surface area contributed by atoms with E-state index in [9.17, 15) is 4.79 Å². The van der Waals surface area contributed by atoms with Gasteiger partial charge in [0.05, 0.1) is 29.7 Å². The van der Waals surface area contributed by atoms with Crippen molar-refractivity contribution in [2.24, 2.45) is 0 Å². The number of amides is 1. The third-order valence-electron chi connectivity index (χ3n) is 5.36. The molecular formula is C24H26ClN3O2. The van der Waals surface area contributed by atoms with Crippen LogP contribution in [-0.2, 0) is 17.9 Å². The third-order valence-corrected chi connectivity index (χ3v) is 5.77. The predicted octanol–water partition coefficient (Wildman–Crippen LogP) is 5.18. The fourth-order valence-electron chi connectivity index (χ4n) is 3.45. The summed E-state index contributed by atoms with van der Waals surface area (Å²) in [6, 6.07) is 14.0. The second kappa shape index (κ2) is 9.02. The van der Waals surface area contributed by atoms with Gasteiger partial charge in [-0.2, -0.15) is 5.10 Å². The van der Waals surface area contributed by atoms with Gasteiger partial charge in [-0.15, -0.1) is 0 Å². The van der Waals surface area contributed by atoms with Crippen molar-refractivity contribution in [1.82, 2.24) is 15.1 Å². The van der Waals surface area contributed by atoms with Crippen molar-refractivity contribution in [3.05, 3.63) is 81.6 Å². The van der Waals surface area contributed by atoms with Crippen molar-refractivity contribution in [3.63, 3.8) is 0 Å². The molecule has 0 radical (unpaired) electrons. The maximum Gasteiger partial charge on any atom is 0.255 e. The van der Waals surface area contributed by atoms with Gasteiger partial charge in [-0.25, -0.2) is 4.68 Å². The van der Waals surface area contributed by atoms with Gasteiger partial charge >= 0.3 is 0 Å². The van der Waals surface area contributed by atoms with Crippen LogP contribution in [0.5, 0.6) is 0 Å². The number of halogens is 1. The zero-order chi connectivity index (χ0) is 21.1. The smallest absolute Gasteiger partial charge is 0.255 e. The number of nitrogens with one attached hydrogen (secondary N) is 1. The summed E-state index contributed by atoms with van der Waals surface area (Å²) in [5.41, 5.74) is 5.69. The summed E-state index contributed by atoms with van der Waals surface area (Å²) in [6.07, 6.45) is 3.82. The van der Waals surface area contributed by atoms with E-state index >= 15 is 0 Å². The predicted molar refractivity (Wildman–Crippen MR) is 118 cm³/mol. The molecule has 1 aromatic heterocycles. The number of aromatic nitrogens is 2. The second-order valence-corrected chi connectivity index (χ2v) is 8.11. The number of carbonyl (C=O) groups excluding carboxylic acids is 1. The molecule has 0 atom stereocenters. The van der Waals surface area contributed by atoms with E-state index in [1.807, 2.05) is 61.0 Å². The SMILES string of the molecule is CCOCc1ccc(CNC(=O)c2cnn(-c3ccc(C)c(Cl)c3)c2C2CC2)cc1. The Kier molecular flexibility index (Phi) is 6.21. The lowest BCUT2D eigenvalue weighted by atomic mass is 10.1. The highest BCUT2D eigenvalue weighted by molar-refractivity contribution is 6.31. The minimum absolute atomic E-state index is 0.0975. The lowest BCUT2D eigenvalue weighted by Gasteiger charge is -2.11. The zero-order valence-electron chi connectivity index (χ0n) is 17.3. The number of nitrogens with zero attached hydrogens (tertiary/aromatic N) is 2. The van der Waals surface area contributed by atoms with Crippen molar-refractivity contribution in [2.45, 2.75) is 45.8 Å². The van der Waals surface area contributed by atoms with Crippen LogP contribution in [0.25, 0.3) is 5.69 Å². The summed E-state index contributed by atoms with van der Waals surface area (Å²) in [5, 5.41) is 8.25. The summed E-state index contributed by atoms with van der Waals surface area (Å²) >= 11 is 6.31. The highest BCUT2D eigenvalue weighted by Gasteiger charge is 2.33. The van der Waals surface area contributed by atoms with Crippen molar-refractivity contribution < 1.29 is 9.53 Å². The summed E-state index contributed by atoms with van der Waals surface area (Å²) in [5.74, 6) is 0.269. The number of rotatable bonds is 8. The Morgan fingerprint density at radius 2 is 1.93 bits per heavy atom. The second-order valence-electron chi connectivity index (χ2n) is 7.70. The maximum atomic E-state index is 12.9. The van der Waals surface area contributed by atoms with E-state index in [4.69, 9.17) is 16.3 Å². The summed E-state index contributed by atoms with van der Waals surface area (Å²) in [4.78, 5) is 12.9. The van der Waals surface area contributed by atoms with Gasteiger partial charge in [0.15, 0.2) is 0 Å². The maximum absolute atomic E-state index is 12.9. The largest absolute Gasteiger partial charge is 0.377 e. The Morgan fingerprint density at radius 1 is 1.20 bits per heavy atom. The van der Waals surface area contributed by atoms with Crippen molar-refractivity contribution >= 4 is 17.5 Å². The molecule has 3 aromatic rings. The van der Waals surface area contributed by atoms with E-state index in [1.165, 1.54) is 0 Å². The average molecular weight is 424 g/mol. The molecule has 5 nitrogen and oxygen atoms in total. The van der Waals surface area contributed by atoms with Crippen LogP contribution in [0.15, 0.2) is 48.7 Å². The lowest BCUT2D eigenvalue weighted by Crippen LogP contribution is -2.23. The Balaban J connectivity index is 1.49. The first-order valence-corrected chi connectivity index (χ1v) is 10.7. The van der Waals surface area contributed by atoms with E-state index in [1.54, 1.807) is 6.20 Å². The Bertz CT molecular complexity index is 1040. The van der Waals surface area contributed by atoms with Crippen molar-refractivity contribution in [1.29, 1.82) is 0 Å². The van der Waals surface area contributed by atoms with Gasteiger partial charge in [-0.3, -0.25) is 4.79 Å². The van der Waals surface area contributed by atoms with Gasteiger partial charge in [-0.1, -0.05) is 41.9 Å². The minimum Gasteiger partial charge on any atom is -0.377 e. The molecule has 1 saturated carbocycles. The van der Waals surface area contributed by atoms with Crippen molar-refractivity contribution in [2.75, 3.05) is 6.61 Å². The Labute approximate surface area is 182 Å². The Morgan fingerprint density at radius 3 is 2.60 bits per heavy atom. The molecule has 1 fully saturated rings. The topological polar surface area (TPSA) is 56.1 Å². The number of hydrogen-bond donors (Lipinski definition) is 1. The molecule has 1 aliphatic carbocycles. The fourth-order valence-corrected chi connectivity index (χ4v) is 3.63. The van der Waals surface area contributed by atoms with Gasteiger partial charge in [-0.05, 0) is 55.5 Å². The molecule has 4 rings (SSSR count). The summed E-state index contributed by atoms with van der Waals surface area (Å²) in [7, 11) is 0. The zero-order valence-corrected chi connectivity index (χ0v) is 18.1. The number of carbonyl (C=O) groups is 1. The molecular weight excluding hydrogens is 398 g/mol. The van der Waals surface area contributed by atoms with Crippen LogP contribution in [0.3, 0.4) is 0 Å². The van der Waals surface area contributed by atoms with Crippen LogP contribution >= 0.6 is 11.6 Å². The van der Waals surface area contributed by atoms with Gasteiger partial charge in [0.2, 0.25) is 0 Å². The van der Waals surface area contributed by atoms with Gasteiger partial charge in [0.1, 0.15) is 0 Å². The molecule has 1 amide bonds. The fraction of sp³-hybridized carbons (Fsp3) is 0.333. The van der Waals surface area contributed by atoms with E-state index in [2.05, 4.69) is 10.4 Å². The summed E-state index contributed by atoms with van der Waals surface area (Å²) in [6.45, 7) is 5.73. The molecule has 1 aliphatic rings. The molecule has 2 aromatic carbocycles. The van der Waals surface area contributed by atoms with Crippen LogP contribution < -0.4 is 5.32 Å². The molecule has 6 heteroatoms. The number of aryl methyl sites for hydroxylation is 1. The van der Waals surface area contributed by atoms with E-state index in [0.29, 0.717) is 36.3 Å². The van der Waals surface area contributed by atoms with E-state index < -0.39 is 0 Å². The highest BCUT2D eigenvalue weighted by Crippen LogP contribution is 2.42. The average Bonchev–Trinajstić information content (AvgIpc) is 3.51. The first-order valence-electron chi connectivity index (χ1n) is 10.3. The number of benzene rings is 2. The standard InChI is InChI=1S/C24H26ClN3O2/c1-3-30-15-18-7-5-17(6-8-18)13-26-24(29)21-14-27-28(23(21)19-9-10-19)20-11-4-16(2)22(25)12-20/h4-8,11-12,14,19H,3,9-10,13,15H2,1-2H3,(H,26,29). The van der Waals surface area contributed by atoms with Crippen LogP contribution in [-0.4, -0.2) is 22.3 Å². The minimum atomic E-state index is -0.0975. The number of ether oxygens (including phenoxy) is 1. The van der Waals surface area contributed by atoms with Crippen LogP contribution in [0.1, 0.15) is 58.4 Å². The van der Waals surface area contributed by atoms with Gasteiger partial charge in [0, 0.05) is 24.1 Å². The first-order chi connectivity index (χ1) is 14.6. The molecule has 156 valence electrons. The molecule has 30 heavy (non-hydrogen) atoms. The molecule has 0 aliphatic heterocycles. The number of hydrogen-bond acceptors (Lipinski definition) is 3. The van der Waals surface area contributed by atoms with Crippen LogP contribution in [0.2, 0.25) is 5.02 Å². The quantitative estimate of drug-likeness (QED) is 0.543. The lowest BCUT2D eigenvalue weighted by molar-refractivity contribution is 0.0950. The van der Waals surface area contributed by atoms with Gasteiger partial charge in [0.25, 0.3) is 5.91 Å². The van der Waals surface area contributed by atoms with Crippen LogP contribution in [0.4, 0.5) is 0 Å². The first kappa shape index (κ1) is 20.6. The molecule has 0 bridgehead atoms. The third kappa shape index (κ3) is 4.58. The highest BCUT2D eigenvalue weighted by atomic mass is 35.5. The van der Waals surface area contributed by atoms with Crippen LogP contribution in [0, 0.1) is 6.92 Å². The van der Waals surface area contributed by atoms with E-state index in [-0.39, 0.29) is 5.91 Å². The van der Waals surface area contributed by atoms with Gasteiger partial charge < -0.3 is 10.1 Å². The molecule has 1 heterocycles. The van der Waals surface area contributed by atoms with Crippen molar-refractivity contribution in [3.8, 4) is 5.69 Å². The summed E-state index contributed by atoms with van der Waals surface area (Å²) < 4.78 is 7.28. The molecule has 1 N–H and O–H groups in total. The normalized spacial score (nSPS) is 13.4. The van der Waals surface area contributed by atoms with E-state index in [0.717, 1.165) is 40.9 Å². The molecule has 0 spiro atoms. The monoisotopic (exact) mass is 423 g/mol. The Hall–Kier alpha value is -2.63. The molecule has 0 saturated heterocycles. The molecule has 0 unspecified atom stereocenters.